The maximum atomic E-state index is 2.65. The first-order valence-electron chi connectivity index (χ1n) is 27.2. The van der Waals surface area contributed by atoms with E-state index in [0.29, 0.717) is 11.8 Å². The summed E-state index contributed by atoms with van der Waals surface area (Å²) in [6.45, 7) is 4.79. The molecule has 0 radical (unpaired) electrons. The van der Waals surface area contributed by atoms with Crippen LogP contribution in [0.4, 0.5) is 17.1 Å². The molecule has 4 bridgehead atoms. The van der Waals surface area contributed by atoms with Crippen molar-refractivity contribution in [1.82, 2.24) is 0 Å². The Labute approximate surface area is 436 Å². The number of rotatable bonds is 8. The molecular formula is C73H59N. The third-order valence-corrected chi connectivity index (χ3v) is 18.7. The number of fused-ring (bicyclic) bond motifs is 6. The van der Waals surface area contributed by atoms with Crippen molar-refractivity contribution in [3.05, 3.63) is 259 Å². The Morgan fingerprint density at radius 3 is 1.38 bits per heavy atom. The second-order valence-electron chi connectivity index (χ2n) is 22.8. The zero-order chi connectivity index (χ0) is 49.1. The third-order valence-electron chi connectivity index (χ3n) is 18.7. The average molecular weight is 950 g/mol. The van der Waals surface area contributed by atoms with Crippen LogP contribution in [0.25, 0.3) is 77.9 Å². The second-order valence-corrected chi connectivity index (χ2v) is 22.8. The Balaban J connectivity index is 0.890. The van der Waals surface area contributed by atoms with E-state index in [1.807, 2.05) is 0 Å². The van der Waals surface area contributed by atoms with Gasteiger partial charge < -0.3 is 4.90 Å². The van der Waals surface area contributed by atoms with Crippen LogP contribution in [-0.2, 0) is 10.8 Å². The molecule has 0 aromatic heterocycles. The Kier molecular flexibility index (Phi) is 9.87. The van der Waals surface area contributed by atoms with Crippen LogP contribution in [0.1, 0.15) is 68.2 Å². The lowest BCUT2D eigenvalue weighted by molar-refractivity contribution is -0.0399. The normalized spacial score (nSPS) is 21.0. The molecule has 74 heavy (non-hydrogen) atoms. The van der Waals surface area contributed by atoms with Crippen molar-refractivity contribution in [3.63, 3.8) is 0 Å². The van der Waals surface area contributed by atoms with Crippen LogP contribution < -0.4 is 4.90 Å². The van der Waals surface area contributed by atoms with Crippen LogP contribution in [0.15, 0.2) is 237 Å². The Bertz CT molecular complexity index is 3780. The third kappa shape index (κ3) is 6.55. The Morgan fingerprint density at radius 2 is 0.716 bits per heavy atom. The lowest BCUT2D eigenvalue weighted by atomic mass is 9.43. The standard InChI is InChI=1S/C73H59N/c1-72(2)68-26-13-11-23-63(68)66-25-15-24-65(71(66)72)61-21-10-9-20-59(61)53-32-34-56(35-33-53)74(57-36-38-60(67(45-57)51-18-7-4-8-19-51)52-30-28-50(29-31-52)49-16-5-3-6-17-49)58-37-39-64-62-22-12-14-27-69(62)73(70(64)46-58)54-41-47-40-48(43-54)44-55(73)42-47/h3-39,45-48,54-55H,40-44H2,1-2H3. The molecule has 0 aliphatic heterocycles. The van der Waals surface area contributed by atoms with Gasteiger partial charge in [0.15, 0.2) is 0 Å². The first-order chi connectivity index (χ1) is 36.4. The molecule has 10 aromatic rings. The number of hydrogen-bond donors (Lipinski definition) is 0. The summed E-state index contributed by atoms with van der Waals surface area (Å²) >= 11 is 0. The molecule has 1 nitrogen and oxygen atoms in total. The van der Waals surface area contributed by atoms with Gasteiger partial charge in [0.05, 0.1) is 0 Å². The Morgan fingerprint density at radius 1 is 0.297 bits per heavy atom. The minimum atomic E-state index is -0.119. The fourth-order valence-corrected chi connectivity index (χ4v) is 15.8. The summed E-state index contributed by atoms with van der Waals surface area (Å²) in [4.78, 5) is 2.56. The molecular weight excluding hydrogens is 891 g/mol. The van der Waals surface area contributed by atoms with Gasteiger partial charge in [-0.05, 0) is 192 Å². The Hall–Kier alpha value is -8.00. The quantitative estimate of drug-likeness (QED) is 0.147. The summed E-state index contributed by atoms with van der Waals surface area (Å²) in [6.07, 6.45) is 6.90. The van der Waals surface area contributed by atoms with E-state index in [1.54, 1.807) is 11.1 Å². The highest BCUT2D eigenvalue weighted by Gasteiger charge is 2.61. The van der Waals surface area contributed by atoms with E-state index in [0.717, 1.165) is 23.2 Å². The zero-order valence-corrected chi connectivity index (χ0v) is 42.3. The van der Waals surface area contributed by atoms with Crippen molar-refractivity contribution >= 4 is 17.1 Å². The van der Waals surface area contributed by atoms with Crippen LogP contribution >= 0.6 is 0 Å². The molecule has 6 aliphatic rings. The first-order valence-corrected chi connectivity index (χ1v) is 27.2. The van der Waals surface area contributed by atoms with E-state index in [9.17, 15) is 0 Å². The van der Waals surface area contributed by atoms with Crippen molar-refractivity contribution in [2.75, 3.05) is 4.90 Å². The smallest absolute Gasteiger partial charge is 0.0468 e. The molecule has 0 saturated heterocycles. The van der Waals surface area contributed by atoms with Gasteiger partial charge in [-0.3, -0.25) is 0 Å². The molecule has 356 valence electrons. The van der Waals surface area contributed by atoms with Crippen LogP contribution in [0.2, 0.25) is 0 Å². The van der Waals surface area contributed by atoms with Gasteiger partial charge in [-0.1, -0.05) is 214 Å². The molecule has 4 fully saturated rings. The maximum absolute atomic E-state index is 2.65. The minimum absolute atomic E-state index is 0.0626. The topological polar surface area (TPSA) is 3.24 Å². The molecule has 0 amide bonds. The predicted octanol–water partition coefficient (Wildman–Crippen LogP) is 19.5. The van der Waals surface area contributed by atoms with Crippen molar-refractivity contribution in [1.29, 1.82) is 0 Å². The molecule has 16 rings (SSSR count). The molecule has 0 unspecified atom stereocenters. The predicted molar refractivity (Wildman–Crippen MR) is 309 cm³/mol. The fourth-order valence-electron chi connectivity index (χ4n) is 15.8. The van der Waals surface area contributed by atoms with E-state index in [2.05, 4.69) is 255 Å². The van der Waals surface area contributed by atoms with E-state index in [1.165, 1.54) is 127 Å². The maximum Gasteiger partial charge on any atom is 0.0468 e. The highest BCUT2D eigenvalue weighted by molar-refractivity contribution is 5.95. The van der Waals surface area contributed by atoms with Gasteiger partial charge in [0, 0.05) is 27.9 Å². The number of benzene rings is 10. The lowest BCUT2D eigenvalue weighted by Crippen LogP contribution is -2.55. The van der Waals surface area contributed by atoms with Crippen LogP contribution in [0, 0.1) is 23.7 Å². The molecule has 4 saturated carbocycles. The summed E-state index contributed by atoms with van der Waals surface area (Å²) < 4.78 is 0. The summed E-state index contributed by atoms with van der Waals surface area (Å²) in [5, 5.41) is 0. The monoisotopic (exact) mass is 949 g/mol. The zero-order valence-electron chi connectivity index (χ0n) is 42.3. The van der Waals surface area contributed by atoms with Gasteiger partial charge in [0.25, 0.3) is 0 Å². The minimum Gasteiger partial charge on any atom is -0.310 e. The van der Waals surface area contributed by atoms with Crippen molar-refractivity contribution in [2.24, 2.45) is 23.7 Å². The van der Waals surface area contributed by atoms with Gasteiger partial charge >= 0.3 is 0 Å². The van der Waals surface area contributed by atoms with Crippen molar-refractivity contribution in [2.45, 2.75) is 56.8 Å². The van der Waals surface area contributed by atoms with E-state index in [4.69, 9.17) is 0 Å². The highest BCUT2D eigenvalue weighted by Crippen LogP contribution is 2.70. The van der Waals surface area contributed by atoms with E-state index in [-0.39, 0.29) is 10.8 Å². The molecule has 0 atom stereocenters. The molecule has 0 heterocycles. The van der Waals surface area contributed by atoms with Gasteiger partial charge in [0.1, 0.15) is 0 Å². The second kappa shape index (κ2) is 16.8. The van der Waals surface area contributed by atoms with Gasteiger partial charge in [0.2, 0.25) is 0 Å². The highest BCUT2D eigenvalue weighted by atomic mass is 15.1. The summed E-state index contributed by atoms with van der Waals surface area (Å²) in [5.41, 5.74) is 27.4. The lowest BCUT2D eigenvalue weighted by Gasteiger charge is -2.61. The first kappa shape index (κ1) is 43.6. The van der Waals surface area contributed by atoms with Gasteiger partial charge in [-0.2, -0.15) is 0 Å². The molecule has 0 N–H and O–H groups in total. The SMILES string of the molecule is CC1(C)c2ccccc2-c2cccc(-c3ccccc3-c3ccc(N(c4ccc(-c5ccc(-c6ccccc6)cc5)c(-c5ccccc5)c4)c4ccc5c(c4)C4(c6ccccc6-5)C5CC6CC(C5)CC4C6)cc3)c21. The molecule has 1 heteroatoms. The summed E-state index contributed by atoms with van der Waals surface area (Å²) in [5.74, 6) is 3.15. The van der Waals surface area contributed by atoms with Crippen molar-refractivity contribution < 1.29 is 0 Å². The molecule has 1 spiro atoms. The van der Waals surface area contributed by atoms with E-state index < -0.39 is 0 Å². The largest absolute Gasteiger partial charge is 0.310 e. The fraction of sp³-hybridized carbons (Fsp3) is 0.178. The summed E-state index contributed by atoms with van der Waals surface area (Å²) in [6, 6.07) is 89.5. The summed E-state index contributed by atoms with van der Waals surface area (Å²) in [7, 11) is 0. The number of anilines is 3. The van der Waals surface area contributed by atoms with Crippen LogP contribution in [-0.4, -0.2) is 0 Å². The molecule has 6 aliphatic carbocycles. The van der Waals surface area contributed by atoms with Gasteiger partial charge in [-0.15, -0.1) is 0 Å². The van der Waals surface area contributed by atoms with E-state index >= 15 is 0 Å². The molecule has 10 aromatic carbocycles. The van der Waals surface area contributed by atoms with Crippen molar-refractivity contribution in [3.8, 4) is 77.9 Å². The number of nitrogens with zero attached hydrogens (tertiary/aromatic N) is 1. The average Bonchev–Trinajstić information content (AvgIpc) is 3.99. The van der Waals surface area contributed by atoms with Crippen LogP contribution in [0.3, 0.4) is 0 Å². The van der Waals surface area contributed by atoms with Crippen LogP contribution in [0.5, 0.6) is 0 Å². The number of hydrogen-bond acceptors (Lipinski definition) is 1. The van der Waals surface area contributed by atoms with Gasteiger partial charge in [-0.25, -0.2) is 0 Å².